The third kappa shape index (κ3) is 7.08. The van der Waals surface area contributed by atoms with Crippen molar-refractivity contribution in [1.29, 1.82) is 0 Å². The van der Waals surface area contributed by atoms with Crippen LogP contribution < -0.4 is 10.6 Å². The normalized spacial score (nSPS) is 12.2. The highest BCUT2D eigenvalue weighted by Crippen LogP contribution is 2.20. The van der Waals surface area contributed by atoms with Crippen molar-refractivity contribution in [3.63, 3.8) is 0 Å². The van der Waals surface area contributed by atoms with E-state index in [2.05, 4.69) is 29.5 Å². The van der Waals surface area contributed by atoms with Gasteiger partial charge in [0.05, 0.1) is 5.69 Å². The van der Waals surface area contributed by atoms with Crippen molar-refractivity contribution in [2.24, 2.45) is 11.8 Å². The molecule has 6 nitrogen and oxygen atoms in total. The van der Waals surface area contributed by atoms with E-state index in [0.29, 0.717) is 29.9 Å². The highest BCUT2D eigenvalue weighted by atomic mass is 32.1. The SMILES string of the molecule is Cc1csc(NC(=O)NCCC(CCC(=O)O)C(C)C)n1. The molecule has 0 bridgehead atoms. The number of rotatable bonds is 8. The van der Waals surface area contributed by atoms with E-state index in [4.69, 9.17) is 5.11 Å². The Hall–Kier alpha value is -1.63. The number of hydrogen-bond acceptors (Lipinski definition) is 4. The van der Waals surface area contributed by atoms with Crippen molar-refractivity contribution in [2.45, 2.75) is 40.0 Å². The van der Waals surface area contributed by atoms with Gasteiger partial charge in [-0.15, -0.1) is 11.3 Å². The number of thiazole rings is 1. The number of carbonyl (C=O) groups is 2. The van der Waals surface area contributed by atoms with Gasteiger partial charge in [0.25, 0.3) is 0 Å². The number of aryl methyl sites for hydroxylation is 1. The van der Waals surface area contributed by atoms with E-state index < -0.39 is 5.97 Å². The maximum absolute atomic E-state index is 11.7. The van der Waals surface area contributed by atoms with Gasteiger partial charge in [-0.25, -0.2) is 9.78 Å². The quantitative estimate of drug-likeness (QED) is 0.687. The number of amides is 2. The zero-order valence-corrected chi connectivity index (χ0v) is 13.5. The fourth-order valence-electron chi connectivity index (χ4n) is 2.04. The minimum absolute atomic E-state index is 0.174. The third-order valence-corrected chi connectivity index (χ3v) is 4.19. The molecule has 1 unspecified atom stereocenters. The van der Waals surface area contributed by atoms with Gasteiger partial charge >= 0.3 is 12.0 Å². The van der Waals surface area contributed by atoms with Gasteiger partial charge in [-0.2, -0.15) is 0 Å². The molecule has 0 saturated heterocycles. The zero-order valence-electron chi connectivity index (χ0n) is 12.7. The van der Waals surface area contributed by atoms with Crippen LogP contribution in [0.4, 0.5) is 9.93 Å². The number of carbonyl (C=O) groups excluding carboxylic acids is 1. The Balaban J connectivity index is 2.29. The Morgan fingerprint density at radius 3 is 2.62 bits per heavy atom. The maximum Gasteiger partial charge on any atom is 0.321 e. The molecule has 118 valence electrons. The molecule has 0 aliphatic rings. The summed E-state index contributed by atoms with van der Waals surface area (Å²) in [4.78, 5) is 26.5. The number of carboxylic acids is 1. The highest BCUT2D eigenvalue weighted by Gasteiger charge is 2.15. The van der Waals surface area contributed by atoms with E-state index in [9.17, 15) is 9.59 Å². The first-order valence-corrected chi connectivity index (χ1v) is 7.95. The second kappa shape index (κ2) is 8.61. The van der Waals surface area contributed by atoms with Crippen LogP contribution in [0.2, 0.25) is 0 Å². The van der Waals surface area contributed by atoms with Crippen molar-refractivity contribution < 1.29 is 14.7 Å². The van der Waals surface area contributed by atoms with E-state index in [1.54, 1.807) is 0 Å². The van der Waals surface area contributed by atoms with E-state index in [-0.39, 0.29) is 12.5 Å². The maximum atomic E-state index is 11.7. The number of carboxylic acid groups (broad SMARTS) is 1. The number of anilines is 1. The van der Waals surface area contributed by atoms with Crippen LogP contribution in [0.3, 0.4) is 0 Å². The topological polar surface area (TPSA) is 91.3 Å². The summed E-state index contributed by atoms with van der Waals surface area (Å²) in [5.74, 6) is -0.0789. The Morgan fingerprint density at radius 1 is 1.38 bits per heavy atom. The lowest BCUT2D eigenvalue weighted by Crippen LogP contribution is -2.31. The van der Waals surface area contributed by atoms with Crippen LogP contribution in [0, 0.1) is 18.8 Å². The van der Waals surface area contributed by atoms with Gasteiger partial charge in [-0.3, -0.25) is 10.1 Å². The predicted molar refractivity (Wildman–Crippen MR) is 83.7 cm³/mol. The predicted octanol–water partition coefficient (Wildman–Crippen LogP) is 3.10. The molecule has 1 aromatic heterocycles. The minimum Gasteiger partial charge on any atom is -0.481 e. The van der Waals surface area contributed by atoms with Crippen LogP contribution in [0.1, 0.15) is 38.8 Å². The van der Waals surface area contributed by atoms with Gasteiger partial charge in [0.2, 0.25) is 0 Å². The van der Waals surface area contributed by atoms with Crippen LogP contribution in [-0.2, 0) is 4.79 Å². The molecule has 2 amide bonds. The molecular formula is C14H23N3O3S. The fraction of sp³-hybridized carbons (Fsp3) is 0.643. The molecule has 1 rings (SSSR count). The highest BCUT2D eigenvalue weighted by molar-refractivity contribution is 7.13. The number of urea groups is 1. The first-order valence-electron chi connectivity index (χ1n) is 7.07. The summed E-state index contributed by atoms with van der Waals surface area (Å²) in [6.07, 6.45) is 1.59. The van der Waals surface area contributed by atoms with E-state index in [0.717, 1.165) is 12.1 Å². The van der Waals surface area contributed by atoms with Crippen molar-refractivity contribution in [3.8, 4) is 0 Å². The van der Waals surface area contributed by atoms with Crippen LogP contribution in [0.25, 0.3) is 0 Å². The Bertz CT molecular complexity index is 474. The van der Waals surface area contributed by atoms with Gasteiger partial charge in [-0.05, 0) is 31.6 Å². The Labute approximate surface area is 129 Å². The first-order chi connectivity index (χ1) is 9.88. The molecule has 0 aliphatic heterocycles. The second-order valence-corrected chi connectivity index (χ2v) is 6.26. The monoisotopic (exact) mass is 313 g/mol. The summed E-state index contributed by atoms with van der Waals surface area (Å²) >= 11 is 1.39. The van der Waals surface area contributed by atoms with Crippen LogP contribution in [0.15, 0.2) is 5.38 Å². The lowest BCUT2D eigenvalue weighted by Gasteiger charge is -2.20. The Kier molecular flexibility index (Phi) is 7.14. The fourth-order valence-corrected chi connectivity index (χ4v) is 2.73. The van der Waals surface area contributed by atoms with Crippen molar-refractivity contribution in [2.75, 3.05) is 11.9 Å². The third-order valence-electron chi connectivity index (χ3n) is 3.31. The summed E-state index contributed by atoms with van der Waals surface area (Å²) in [5, 5.41) is 16.7. The number of nitrogens with zero attached hydrogens (tertiary/aromatic N) is 1. The summed E-state index contributed by atoms with van der Waals surface area (Å²) in [6, 6.07) is -0.273. The number of aliphatic carboxylic acids is 1. The van der Waals surface area contributed by atoms with Crippen molar-refractivity contribution in [3.05, 3.63) is 11.1 Å². The molecule has 0 spiro atoms. The molecule has 0 saturated carbocycles. The van der Waals surface area contributed by atoms with Gasteiger partial charge in [0, 0.05) is 18.3 Å². The second-order valence-electron chi connectivity index (χ2n) is 5.40. The molecule has 0 radical (unpaired) electrons. The van der Waals surface area contributed by atoms with E-state index >= 15 is 0 Å². The molecule has 1 atom stereocenters. The number of aromatic nitrogens is 1. The van der Waals surface area contributed by atoms with Crippen molar-refractivity contribution in [1.82, 2.24) is 10.3 Å². The van der Waals surface area contributed by atoms with Crippen LogP contribution in [-0.4, -0.2) is 28.6 Å². The van der Waals surface area contributed by atoms with Gasteiger partial charge in [-0.1, -0.05) is 13.8 Å². The van der Waals surface area contributed by atoms with Crippen molar-refractivity contribution >= 4 is 28.5 Å². The summed E-state index contributed by atoms with van der Waals surface area (Å²) < 4.78 is 0. The smallest absolute Gasteiger partial charge is 0.321 e. The zero-order chi connectivity index (χ0) is 15.8. The lowest BCUT2D eigenvalue weighted by atomic mass is 9.88. The molecular weight excluding hydrogens is 290 g/mol. The molecule has 0 aromatic carbocycles. The lowest BCUT2D eigenvalue weighted by molar-refractivity contribution is -0.137. The molecule has 0 aliphatic carbocycles. The minimum atomic E-state index is -0.773. The average Bonchev–Trinajstić information content (AvgIpc) is 2.78. The largest absolute Gasteiger partial charge is 0.481 e. The van der Waals surface area contributed by atoms with Gasteiger partial charge in [0.15, 0.2) is 5.13 Å². The van der Waals surface area contributed by atoms with Crippen LogP contribution >= 0.6 is 11.3 Å². The molecule has 3 N–H and O–H groups in total. The number of nitrogens with one attached hydrogen (secondary N) is 2. The Morgan fingerprint density at radius 2 is 2.10 bits per heavy atom. The standard InChI is InChI=1S/C14H23N3O3S/c1-9(2)11(4-5-12(18)19)6-7-15-13(20)17-14-16-10(3)8-21-14/h8-9,11H,4-7H2,1-3H3,(H,18,19)(H2,15,16,17,20). The molecule has 21 heavy (non-hydrogen) atoms. The van der Waals surface area contributed by atoms with E-state index in [1.165, 1.54) is 11.3 Å². The summed E-state index contributed by atoms with van der Waals surface area (Å²) in [7, 11) is 0. The summed E-state index contributed by atoms with van der Waals surface area (Å²) in [6.45, 7) is 6.55. The molecule has 1 aromatic rings. The average molecular weight is 313 g/mol. The molecule has 0 fully saturated rings. The molecule has 1 heterocycles. The summed E-state index contributed by atoms with van der Waals surface area (Å²) in [5.41, 5.74) is 0.879. The number of hydrogen-bond donors (Lipinski definition) is 3. The van der Waals surface area contributed by atoms with Gasteiger partial charge < -0.3 is 10.4 Å². The van der Waals surface area contributed by atoms with Gasteiger partial charge in [0.1, 0.15) is 0 Å². The van der Waals surface area contributed by atoms with Crippen LogP contribution in [0.5, 0.6) is 0 Å². The first kappa shape index (κ1) is 17.4. The molecule has 7 heteroatoms. The van der Waals surface area contributed by atoms with E-state index in [1.807, 2.05) is 12.3 Å².